The van der Waals surface area contributed by atoms with Crippen molar-refractivity contribution in [2.75, 3.05) is 18.5 Å². The van der Waals surface area contributed by atoms with Crippen molar-refractivity contribution in [2.45, 2.75) is 44.9 Å². The molecule has 2 aromatic carbocycles. The van der Waals surface area contributed by atoms with Crippen molar-refractivity contribution in [3.8, 4) is 0 Å². The highest BCUT2D eigenvalue weighted by Crippen LogP contribution is 2.60. The second kappa shape index (κ2) is 7.16. The summed E-state index contributed by atoms with van der Waals surface area (Å²) in [5.74, 6) is 2.51. The summed E-state index contributed by atoms with van der Waals surface area (Å²) in [5.41, 5.74) is 0.753. The third-order valence-corrected chi connectivity index (χ3v) is 7.64. The lowest BCUT2D eigenvalue weighted by molar-refractivity contribution is -0.146. The van der Waals surface area contributed by atoms with Gasteiger partial charge in [-0.05, 0) is 79.2 Å². The van der Waals surface area contributed by atoms with Crippen LogP contribution in [0.1, 0.15) is 44.9 Å². The maximum atomic E-state index is 13.0. The van der Waals surface area contributed by atoms with Gasteiger partial charge in [-0.15, -0.1) is 0 Å². The first-order valence-corrected chi connectivity index (χ1v) is 11.1. The molecule has 2 amide bonds. The van der Waals surface area contributed by atoms with Crippen molar-refractivity contribution < 1.29 is 9.59 Å². The minimum absolute atomic E-state index is 0.0334. The van der Waals surface area contributed by atoms with E-state index in [4.69, 9.17) is 0 Å². The summed E-state index contributed by atoms with van der Waals surface area (Å²) < 4.78 is 0. The third kappa shape index (κ3) is 3.43. The molecule has 6 rings (SSSR count). The Morgan fingerprint density at radius 2 is 1.59 bits per heavy atom. The van der Waals surface area contributed by atoms with E-state index in [0.29, 0.717) is 13.0 Å². The van der Waals surface area contributed by atoms with Crippen molar-refractivity contribution in [3.05, 3.63) is 42.5 Å². The van der Waals surface area contributed by atoms with E-state index in [-0.39, 0.29) is 17.2 Å². The van der Waals surface area contributed by atoms with Crippen LogP contribution in [0.4, 0.5) is 5.69 Å². The average Bonchev–Trinajstić information content (AvgIpc) is 2.71. The quantitative estimate of drug-likeness (QED) is 0.816. The van der Waals surface area contributed by atoms with E-state index in [9.17, 15) is 9.59 Å². The predicted octanol–water partition coefficient (Wildman–Crippen LogP) is 4.53. The van der Waals surface area contributed by atoms with Gasteiger partial charge in [0.05, 0.1) is 0 Å². The molecule has 4 heteroatoms. The average molecular weight is 391 g/mol. The van der Waals surface area contributed by atoms with Gasteiger partial charge in [-0.3, -0.25) is 9.59 Å². The van der Waals surface area contributed by atoms with Crippen molar-refractivity contribution in [3.63, 3.8) is 0 Å². The topological polar surface area (TPSA) is 49.4 Å². The number of amides is 2. The van der Waals surface area contributed by atoms with E-state index in [1.165, 1.54) is 24.6 Å². The number of nitrogens with zero attached hydrogens (tertiary/aromatic N) is 1. The second-order valence-corrected chi connectivity index (χ2v) is 9.69. The Kier molecular flexibility index (Phi) is 4.60. The molecule has 4 bridgehead atoms. The first-order chi connectivity index (χ1) is 14.0. The number of benzene rings is 2. The van der Waals surface area contributed by atoms with E-state index >= 15 is 0 Å². The van der Waals surface area contributed by atoms with E-state index < -0.39 is 0 Å². The number of carbonyl (C=O) groups excluding carboxylic acids is 2. The molecule has 0 unspecified atom stereocenters. The van der Waals surface area contributed by atoms with E-state index in [1.807, 2.05) is 37.4 Å². The SMILES string of the molecule is CN(C(=O)CCNC(=O)C12CC3CC(CC(C3)C1)C2)c1ccc2ccccc2c1. The zero-order chi connectivity index (χ0) is 20.0. The summed E-state index contributed by atoms with van der Waals surface area (Å²) in [4.78, 5) is 27.4. The molecule has 0 radical (unpaired) electrons. The van der Waals surface area contributed by atoms with Crippen LogP contribution in [0.5, 0.6) is 0 Å². The first-order valence-electron chi connectivity index (χ1n) is 11.1. The molecule has 152 valence electrons. The van der Waals surface area contributed by atoms with Crippen molar-refractivity contribution in [1.29, 1.82) is 0 Å². The van der Waals surface area contributed by atoms with Gasteiger partial charge in [-0.2, -0.15) is 0 Å². The molecule has 4 fully saturated rings. The summed E-state index contributed by atoms with van der Waals surface area (Å²) >= 11 is 0. The molecular weight excluding hydrogens is 360 g/mol. The van der Waals surface area contributed by atoms with Crippen LogP contribution in [0.15, 0.2) is 42.5 Å². The normalized spacial score (nSPS) is 29.8. The Morgan fingerprint density at radius 3 is 2.24 bits per heavy atom. The number of nitrogens with one attached hydrogen (secondary N) is 1. The maximum Gasteiger partial charge on any atom is 0.228 e. The number of hydrogen-bond acceptors (Lipinski definition) is 2. The van der Waals surface area contributed by atoms with Gasteiger partial charge in [-0.1, -0.05) is 30.3 Å². The molecule has 0 aromatic heterocycles. The highest BCUT2D eigenvalue weighted by molar-refractivity contribution is 5.96. The molecule has 1 N–H and O–H groups in total. The molecule has 0 atom stereocenters. The molecule has 0 aliphatic heterocycles. The first kappa shape index (κ1) is 18.7. The fourth-order valence-electron chi connectivity index (χ4n) is 6.56. The Labute approximate surface area is 172 Å². The lowest BCUT2D eigenvalue weighted by atomic mass is 9.49. The fourth-order valence-corrected chi connectivity index (χ4v) is 6.56. The molecule has 2 aromatic rings. The Balaban J connectivity index is 1.18. The summed E-state index contributed by atoms with van der Waals surface area (Å²) in [6.45, 7) is 0.428. The van der Waals surface area contributed by atoms with E-state index in [0.717, 1.165) is 48.1 Å². The number of fused-ring (bicyclic) bond motifs is 1. The smallest absolute Gasteiger partial charge is 0.228 e. The summed E-state index contributed by atoms with van der Waals surface area (Å²) in [6, 6.07) is 14.2. The van der Waals surface area contributed by atoms with Gasteiger partial charge in [0.25, 0.3) is 0 Å². The van der Waals surface area contributed by atoms with Gasteiger partial charge < -0.3 is 10.2 Å². The molecule has 4 nitrogen and oxygen atoms in total. The molecule has 0 heterocycles. The van der Waals surface area contributed by atoms with Crippen LogP contribution in [0.2, 0.25) is 0 Å². The Bertz CT molecular complexity index is 915. The number of rotatable bonds is 5. The lowest BCUT2D eigenvalue weighted by Crippen LogP contribution is -2.53. The zero-order valence-corrected chi connectivity index (χ0v) is 17.2. The monoisotopic (exact) mass is 390 g/mol. The van der Waals surface area contributed by atoms with Crippen LogP contribution in [-0.2, 0) is 9.59 Å². The second-order valence-electron chi connectivity index (χ2n) is 9.69. The Morgan fingerprint density at radius 1 is 0.966 bits per heavy atom. The minimum atomic E-state index is -0.137. The molecule has 4 aliphatic rings. The molecule has 4 aliphatic carbocycles. The zero-order valence-electron chi connectivity index (χ0n) is 17.2. The van der Waals surface area contributed by atoms with Crippen LogP contribution in [0.3, 0.4) is 0 Å². The van der Waals surface area contributed by atoms with Gasteiger partial charge in [0.2, 0.25) is 11.8 Å². The number of hydrogen-bond donors (Lipinski definition) is 1. The molecule has 0 spiro atoms. The fraction of sp³-hybridized carbons (Fsp3) is 0.520. The van der Waals surface area contributed by atoms with Crippen molar-refractivity contribution in [1.82, 2.24) is 5.32 Å². The van der Waals surface area contributed by atoms with Crippen LogP contribution in [0.25, 0.3) is 10.8 Å². The van der Waals surface area contributed by atoms with Gasteiger partial charge >= 0.3 is 0 Å². The number of carbonyl (C=O) groups is 2. The lowest BCUT2D eigenvalue weighted by Gasteiger charge is -2.55. The molecule has 4 saturated carbocycles. The van der Waals surface area contributed by atoms with Gasteiger partial charge in [0.15, 0.2) is 0 Å². The van der Waals surface area contributed by atoms with E-state index in [1.54, 1.807) is 4.90 Å². The molecular formula is C25H30N2O2. The van der Waals surface area contributed by atoms with Crippen LogP contribution >= 0.6 is 0 Å². The maximum absolute atomic E-state index is 13.0. The minimum Gasteiger partial charge on any atom is -0.355 e. The van der Waals surface area contributed by atoms with Gasteiger partial charge in [-0.25, -0.2) is 0 Å². The largest absolute Gasteiger partial charge is 0.355 e. The standard InChI is InChI=1S/C25H30N2O2/c1-27(22-7-6-20-4-2-3-5-21(20)13-22)23(28)8-9-26-24(29)25-14-17-10-18(15-25)12-19(11-17)16-25/h2-7,13,17-19H,8-12,14-16H2,1H3,(H,26,29). The summed E-state index contributed by atoms with van der Waals surface area (Å²) in [6.07, 6.45) is 7.54. The van der Waals surface area contributed by atoms with Crippen LogP contribution < -0.4 is 10.2 Å². The van der Waals surface area contributed by atoms with E-state index in [2.05, 4.69) is 17.4 Å². The summed E-state index contributed by atoms with van der Waals surface area (Å²) in [5, 5.41) is 5.41. The molecule has 29 heavy (non-hydrogen) atoms. The van der Waals surface area contributed by atoms with Gasteiger partial charge in [0, 0.05) is 31.1 Å². The third-order valence-electron chi connectivity index (χ3n) is 7.64. The molecule has 0 saturated heterocycles. The number of anilines is 1. The van der Waals surface area contributed by atoms with Gasteiger partial charge in [0.1, 0.15) is 0 Å². The van der Waals surface area contributed by atoms with Crippen LogP contribution in [0, 0.1) is 23.2 Å². The predicted molar refractivity (Wildman–Crippen MR) is 116 cm³/mol. The Hall–Kier alpha value is -2.36. The van der Waals surface area contributed by atoms with Crippen LogP contribution in [-0.4, -0.2) is 25.4 Å². The summed E-state index contributed by atoms with van der Waals surface area (Å²) in [7, 11) is 1.81. The highest BCUT2D eigenvalue weighted by atomic mass is 16.2. The van der Waals surface area contributed by atoms with Crippen molar-refractivity contribution >= 4 is 28.3 Å². The highest BCUT2D eigenvalue weighted by Gasteiger charge is 2.54. The van der Waals surface area contributed by atoms with Crippen molar-refractivity contribution in [2.24, 2.45) is 23.2 Å².